The number of carbonyl (C=O) groups is 2. The van der Waals surface area contributed by atoms with Crippen molar-refractivity contribution in [3.8, 4) is 11.5 Å². The Hall–Kier alpha value is -3.39. The van der Waals surface area contributed by atoms with Gasteiger partial charge in [0.05, 0.1) is 11.2 Å². The van der Waals surface area contributed by atoms with Gasteiger partial charge in [0.15, 0.2) is 18.2 Å². The third-order valence-electron chi connectivity index (χ3n) is 4.08. The van der Waals surface area contributed by atoms with E-state index in [-0.39, 0.29) is 30.6 Å². The summed E-state index contributed by atoms with van der Waals surface area (Å²) in [6, 6.07) is 11.8. The lowest BCUT2D eigenvalue weighted by Gasteiger charge is -2.27. The third-order valence-corrected chi connectivity index (χ3v) is 4.31. The first-order valence-corrected chi connectivity index (χ1v) is 8.37. The van der Waals surface area contributed by atoms with Crippen LogP contribution in [-0.4, -0.2) is 35.1 Å². The van der Waals surface area contributed by atoms with E-state index in [2.05, 4.69) is 15.2 Å². The van der Waals surface area contributed by atoms with Crippen molar-refractivity contribution in [2.75, 3.05) is 18.1 Å². The molecule has 9 heteroatoms. The standard InChI is InChI=1S/C18H13ClN4O4/c19-10-5-6-12-11(7-10)17(26)18(20-12)22-21-15(24)8-23-13-3-1-2-4-14(13)27-9-16(23)25/h1-7,20,26H,8-9H2. The number of halogens is 1. The number of nitrogens with one attached hydrogen (secondary N) is 1. The number of azo groups is 1. The molecule has 136 valence electrons. The molecule has 1 aliphatic heterocycles. The topological polar surface area (TPSA) is 107 Å². The van der Waals surface area contributed by atoms with Crippen molar-refractivity contribution in [2.24, 2.45) is 10.2 Å². The number of aromatic nitrogens is 1. The second-order valence-electron chi connectivity index (χ2n) is 5.84. The van der Waals surface area contributed by atoms with Crippen LogP contribution in [0.2, 0.25) is 5.02 Å². The number of aromatic hydroxyl groups is 1. The summed E-state index contributed by atoms with van der Waals surface area (Å²) in [6.45, 7) is -0.430. The average molecular weight is 385 g/mol. The van der Waals surface area contributed by atoms with E-state index < -0.39 is 5.91 Å². The Morgan fingerprint density at radius 1 is 1.30 bits per heavy atom. The molecule has 1 aliphatic rings. The molecule has 3 aromatic rings. The number of amides is 2. The zero-order valence-electron chi connectivity index (χ0n) is 13.8. The highest BCUT2D eigenvalue weighted by atomic mass is 35.5. The molecule has 0 fully saturated rings. The highest BCUT2D eigenvalue weighted by Crippen LogP contribution is 2.36. The Bertz CT molecular complexity index is 1090. The monoisotopic (exact) mass is 384 g/mol. The van der Waals surface area contributed by atoms with E-state index in [4.69, 9.17) is 16.3 Å². The van der Waals surface area contributed by atoms with Gasteiger partial charge in [-0.3, -0.25) is 14.5 Å². The molecule has 1 aromatic heterocycles. The second-order valence-corrected chi connectivity index (χ2v) is 6.28. The van der Waals surface area contributed by atoms with Gasteiger partial charge < -0.3 is 14.8 Å². The summed E-state index contributed by atoms with van der Waals surface area (Å²) < 4.78 is 5.33. The molecule has 0 aliphatic carbocycles. The molecule has 8 nitrogen and oxygen atoms in total. The van der Waals surface area contributed by atoms with Gasteiger partial charge in [-0.15, -0.1) is 10.2 Å². The molecule has 2 N–H and O–H groups in total. The first-order chi connectivity index (χ1) is 13.0. The number of para-hydroxylation sites is 2. The minimum Gasteiger partial charge on any atom is -0.504 e. The summed E-state index contributed by atoms with van der Waals surface area (Å²) in [5.74, 6) is -0.588. The number of rotatable bonds is 3. The van der Waals surface area contributed by atoms with Gasteiger partial charge in [-0.2, -0.15) is 0 Å². The third kappa shape index (κ3) is 3.22. The van der Waals surface area contributed by atoms with Crippen molar-refractivity contribution >= 4 is 45.8 Å². The molecule has 0 radical (unpaired) electrons. The molecule has 2 aromatic carbocycles. The first kappa shape index (κ1) is 17.0. The number of hydrogen-bond donors (Lipinski definition) is 2. The van der Waals surface area contributed by atoms with Crippen LogP contribution in [0.15, 0.2) is 52.7 Å². The van der Waals surface area contributed by atoms with Gasteiger partial charge in [0.1, 0.15) is 12.3 Å². The molecule has 0 spiro atoms. The van der Waals surface area contributed by atoms with Crippen LogP contribution in [0.4, 0.5) is 11.5 Å². The van der Waals surface area contributed by atoms with Crippen LogP contribution in [0.3, 0.4) is 0 Å². The largest absolute Gasteiger partial charge is 0.504 e. The molecule has 0 saturated heterocycles. The van der Waals surface area contributed by atoms with Crippen molar-refractivity contribution in [1.29, 1.82) is 0 Å². The molecular weight excluding hydrogens is 372 g/mol. The maximum absolute atomic E-state index is 12.2. The predicted molar refractivity (Wildman–Crippen MR) is 98.8 cm³/mol. The summed E-state index contributed by atoms with van der Waals surface area (Å²) >= 11 is 5.91. The van der Waals surface area contributed by atoms with Gasteiger partial charge in [-0.1, -0.05) is 23.7 Å². The molecule has 4 rings (SSSR count). The highest BCUT2D eigenvalue weighted by Gasteiger charge is 2.27. The number of H-pyrrole nitrogens is 1. The van der Waals surface area contributed by atoms with Crippen molar-refractivity contribution < 1.29 is 19.4 Å². The van der Waals surface area contributed by atoms with Crippen LogP contribution in [-0.2, 0) is 9.59 Å². The number of aromatic amines is 1. The number of nitrogens with zero attached hydrogens (tertiary/aromatic N) is 3. The molecule has 2 heterocycles. The number of benzene rings is 2. The van der Waals surface area contributed by atoms with Gasteiger partial charge in [0, 0.05) is 10.4 Å². The number of fused-ring (bicyclic) bond motifs is 2. The van der Waals surface area contributed by atoms with E-state index in [0.29, 0.717) is 27.4 Å². The Balaban J connectivity index is 1.55. The van der Waals surface area contributed by atoms with Crippen molar-refractivity contribution in [3.63, 3.8) is 0 Å². The second kappa shape index (κ2) is 6.73. The lowest BCUT2D eigenvalue weighted by atomic mass is 10.2. The smallest absolute Gasteiger partial charge is 0.284 e. The summed E-state index contributed by atoms with van der Waals surface area (Å²) in [5.41, 5.74) is 1.11. The van der Waals surface area contributed by atoms with Crippen molar-refractivity contribution in [3.05, 3.63) is 47.5 Å². The van der Waals surface area contributed by atoms with Gasteiger partial charge in [-0.05, 0) is 30.3 Å². The van der Waals surface area contributed by atoms with Crippen LogP contribution in [0.1, 0.15) is 0 Å². The SMILES string of the molecule is O=C(CN1C(=O)COc2ccccc21)N=Nc1[nH]c2ccc(Cl)cc2c1O. The van der Waals surface area contributed by atoms with Crippen LogP contribution in [0.5, 0.6) is 11.5 Å². The molecule has 0 unspecified atom stereocenters. The quantitative estimate of drug-likeness (QED) is 0.673. The minimum atomic E-state index is -0.642. The molecule has 0 saturated carbocycles. The molecule has 2 amide bonds. The first-order valence-electron chi connectivity index (χ1n) is 8.00. The van der Waals surface area contributed by atoms with E-state index in [1.54, 1.807) is 42.5 Å². The Labute approximate surface area is 158 Å². The zero-order valence-corrected chi connectivity index (χ0v) is 14.6. The van der Waals surface area contributed by atoms with Gasteiger partial charge >= 0.3 is 0 Å². The van der Waals surface area contributed by atoms with Gasteiger partial charge in [0.25, 0.3) is 11.8 Å². The van der Waals surface area contributed by atoms with E-state index in [1.807, 2.05) is 0 Å². The van der Waals surface area contributed by atoms with Crippen LogP contribution in [0, 0.1) is 0 Å². The zero-order chi connectivity index (χ0) is 19.0. The fourth-order valence-corrected chi connectivity index (χ4v) is 2.98. The predicted octanol–water partition coefficient (Wildman–Crippen LogP) is 3.56. The van der Waals surface area contributed by atoms with Gasteiger partial charge in [-0.25, -0.2) is 0 Å². The van der Waals surface area contributed by atoms with E-state index >= 15 is 0 Å². The van der Waals surface area contributed by atoms with E-state index in [0.717, 1.165) is 0 Å². The molecular formula is C18H13ClN4O4. The Morgan fingerprint density at radius 2 is 2.11 bits per heavy atom. The number of hydrogen-bond acceptors (Lipinski definition) is 5. The Kier molecular flexibility index (Phi) is 4.25. The fourth-order valence-electron chi connectivity index (χ4n) is 2.81. The fraction of sp³-hybridized carbons (Fsp3) is 0.111. The van der Waals surface area contributed by atoms with Crippen LogP contribution < -0.4 is 9.64 Å². The summed E-state index contributed by atoms with van der Waals surface area (Å²) in [6.07, 6.45) is 0. The maximum Gasteiger partial charge on any atom is 0.284 e. The number of ether oxygens (including phenoxy) is 1. The molecule has 0 bridgehead atoms. The summed E-state index contributed by atoms with van der Waals surface area (Å²) in [7, 11) is 0. The number of anilines is 1. The maximum atomic E-state index is 12.2. The lowest BCUT2D eigenvalue weighted by molar-refractivity contribution is -0.124. The number of carbonyl (C=O) groups excluding carboxylic acids is 2. The highest BCUT2D eigenvalue weighted by molar-refractivity contribution is 6.31. The minimum absolute atomic E-state index is 0.0364. The van der Waals surface area contributed by atoms with Crippen LogP contribution >= 0.6 is 11.6 Å². The average Bonchev–Trinajstić information content (AvgIpc) is 2.98. The molecule has 0 atom stereocenters. The summed E-state index contributed by atoms with van der Waals surface area (Å²) in [4.78, 5) is 28.4. The van der Waals surface area contributed by atoms with Gasteiger partial charge in [0.2, 0.25) is 0 Å². The summed E-state index contributed by atoms with van der Waals surface area (Å²) in [5, 5.41) is 18.5. The van der Waals surface area contributed by atoms with E-state index in [9.17, 15) is 14.7 Å². The normalized spacial score (nSPS) is 13.8. The molecule has 27 heavy (non-hydrogen) atoms. The van der Waals surface area contributed by atoms with E-state index in [1.165, 1.54) is 4.90 Å². The van der Waals surface area contributed by atoms with Crippen LogP contribution in [0.25, 0.3) is 10.9 Å². The Morgan fingerprint density at radius 3 is 2.96 bits per heavy atom. The van der Waals surface area contributed by atoms with Crippen molar-refractivity contribution in [2.45, 2.75) is 0 Å². The lowest BCUT2D eigenvalue weighted by Crippen LogP contribution is -2.41. The van der Waals surface area contributed by atoms with Crippen molar-refractivity contribution in [1.82, 2.24) is 4.98 Å².